The Kier molecular flexibility index (Phi) is 9.73. The second kappa shape index (κ2) is 13.4. The van der Waals surface area contributed by atoms with Crippen LogP contribution >= 0.6 is 11.6 Å². The number of carbonyl (C=O) groups is 2. The van der Waals surface area contributed by atoms with E-state index in [-0.39, 0.29) is 30.0 Å². The van der Waals surface area contributed by atoms with E-state index in [4.69, 9.17) is 17.0 Å². The van der Waals surface area contributed by atoms with Gasteiger partial charge in [-0.15, -0.1) is 5.10 Å². The van der Waals surface area contributed by atoms with Crippen LogP contribution in [-0.2, 0) is 13.1 Å². The first kappa shape index (κ1) is 31.1. The minimum Gasteiger partial charge on any atom is -0.382 e. The highest BCUT2D eigenvalue weighted by Gasteiger charge is 2.41. The Bertz CT molecular complexity index is 1610. The minimum absolute atomic E-state index is 0.0317. The molecule has 1 heterocycles. The predicted octanol–water partition coefficient (Wildman–Crippen LogP) is 4.45. The lowest BCUT2D eigenvalue weighted by Gasteiger charge is -2.26. The zero-order valence-corrected chi connectivity index (χ0v) is 22.9. The molecule has 0 bridgehead atoms. The molecule has 1 aromatic heterocycles. The second-order valence-electron chi connectivity index (χ2n) is 9.08. The van der Waals surface area contributed by atoms with Gasteiger partial charge in [-0.2, -0.15) is 13.2 Å². The summed E-state index contributed by atoms with van der Waals surface area (Å²) in [5.74, 6) is -1.55. The summed E-state index contributed by atoms with van der Waals surface area (Å²) in [7, 11) is 0. The molecule has 10 nitrogen and oxygen atoms in total. The molecule has 3 aromatic carbocycles. The van der Waals surface area contributed by atoms with E-state index >= 15 is 0 Å². The van der Waals surface area contributed by atoms with Gasteiger partial charge in [0.15, 0.2) is 11.9 Å². The van der Waals surface area contributed by atoms with Crippen LogP contribution < -0.4 is 10.6 Å². The highest BCUT2D eigenvalue weighted by molar-refractivity contribution is 6.30. The lowest BCUT2D eigenvalue weighted by atomic mass is 10.1. The van der Waals surface area contributed by atoms with Gasteiger partial charge in [-0.1, -0.05) is 41.9 Å². The van der Waals surface area contributed by atoms with Gasteiger partial charge in [-0.3, -0.25) is 15.1 Å². The third-order valence-electron chi connectivity index (χ3n) is 6.10. The van der Waals surface area contributed by atoms with Crippen LogP contribution in [0, 0.1) is 11.2 Å². The quantitative estimate of drug-likeness (QED) is 0.125. The van der Waals surface area contributed by atoms with Crippen molar-refractivity contribution < 1.29 is 32.3 Å². The Hall–Kier alpha value is -4.82. The van der Waals surface area contributed by atoms with E-state index in [1.54, 1.807) is 30.3 Å². The maximum absolute atomic E-state index is 13.9. The molecule has 1 atom stereocenters. The third-order valence-corrected chi connectivity index (χ3v) is 6.35. The van der Waals surface area contributed by atoms with E-state index in [1.165, 1.54) is 53.5 Å². The fourth-order valence-corrected chi connectivity index (χ4v) is 3.96. The van der Waals surface area contributed by atoms with Crippen LogP contribution in [0.4, 0.5) is 22.4 Å². The normalized spacial score (nSPS) is 12.0. The summed E-state index contributed by atoms with van der Waals surface area (Å²) in [6.07, 6.45) is -6.68. The number of aromatic nitrogens is 3. The fourth-order valence-electron chi connectivity index (χ4n) is 3.84. The van der Waals surface area contributed by atoms with Crippen molar-refractivity contribution in [3.05, 3.63) is 112 Å². The van der Waals surface area contributed by atoms with E-state index in [1.807, 2.05) is 0 Å². The number of amides is 3. The molecule has 0 saturated heterocycles. The summed E-state index contributed by atoms with van der Waals surface area (Å²) in [5, 5.41) is 27.5. The van der Waals surface area contributed by atoms with Crippen molar-refractivity contribution in [1.82, 2.24) is 30.3 Å². The number of aliphatic hydroxyl groups excluding tert-OH is 1. The van der Waals surface area contributed by atoms with Crippen LogP contribution in [0.25, 0.3) is 5.69 Å². The number of amidine groups is 1. The number of para-hydroxylation sites is 1. The van der Waals surface area contributed by atoms with Crippen molar-refractivity contribution in [3.8, 4) is 5.69 Å². The molecule has 0 aliphatic carbocycles. The third kappa shape index (κ3) is 7.93. The van der Waals surface area contributed by atoms with Gasteiger partial charge in [0, 0.05) is 22.7 Å². The van der Waals surface area contributed by atoms with E-state index in [0.29, 0.717) is 21.2 Å². The molecule has 0 unspecified atom stereocenters. The Balaban J connectivity index is 1.46. The number of alkyl halides is 3. The van der Waals surface area contributed by atoms with Crippen molar-refractivity contribution >= 4 is 29.4 Å². The lowest BCUT2D eigenvalue weighted by molar-refractivity contribution is -0.204. The number of carbonyl (C=O) groups excluding carboxylic acids is 2. The van der Waals surface area contributed by atoms with Gasteiger partial charge < -0.3 is 15.7 Å². The summed E-state index contributed by atoms with van der Waals surface area (Å²) < 4.78 is 54.5. The molecule has 4 N–H and O–H groups in total. The molecular formula is C28H24ClF4N7O3. The highest BCUT2D eigenvalue weighted by atomic mass is 35.5. The molecule has 0 saturated carbocycles. The topological polar surface area (TPSA) is 136 Å². The molecule has 43 heavy (non-hydrogen) atoms. The van der Waals surface area contributed by atoms with Gasteiger partial charge in [0.1, 0.15) is 18.0 Å². The number of nitrogens with zero attached hydrogens (tertiary/aromatic N) is 4. The van der Waals surface area contributed by atoms with Crippen molar-refractivity contribution in [2.24, 2.45) is 0 Å². The second-order valence-corrected chi connectivity index (χ2v) is 9.52. The number of hydrogen-bond donors (Lipinski definition) is 4. The molecule has 0 aliphatic heterocycles. The highest BCUT2D eigenvalue weighted by Crippen LogP contribution is 2.22. The average Bonchev–Trinajstić information content (AvgIpc) is 3.46. The van der Waals surface area contributed by atoms with E-state index < -0.39 is 42.4 Å². The maximum atomic E-state index is 13.9. The van der Waals surface area contributed by atoms with Gasteiger partial charge in [0.2, 0.25) is 0 Å². The number of rotatable bonds is 9. The van der Waals surface area contributed by atoms with Crippen molar-refractivity contribution in [2.75, 3.05) is 6.54 Å². The Labute approximate surface area is 247 Å². The maximum Gasteiger partial charge on any atom is 0.416 e. The summed E-state index contributed by atoms with van der Waals surface area (Å²) in [6, 6.07) is 16.8. The predicted molar refractivity (Wildman–Crippen MR) is 148 cm³/mol. The van der Waals surface area contributed by atoms with Gasteiger partial charge in [-0.25, -0.2) is 18.9 Å². The summed E-state index contributed by atoms with van der Waals surface area (Å²) in [6.45, 7) is -1.66. The Morgan fingerprint density at radius 1 is 1.00 bits per heavy atom. The average molecular weight is 618 g/mol. The van der Waals surface area contributed by atoms with E-state index in [0.717, 1.165) is 0 Å². The summed E-state index contributed by atoms with van der Waals surface area (Å²) in [4.78, 5) is 30.3. The van der Waals surface area contributed by atoms with Gasteiger partial charge in [0.05, 0.1) is 24.3 Å². The van der Waals surface area contributed by atoms with Crippen LogP contribution in [-0.4, -0.2) is 61.4 Å². The van der Waals surface area contributed by atoms with Crippen LogP contribution in [0.3, 0.4) is 0 Å². The van der Waals surface area contributed by atoms with E-state index in [2.05, 4.69) is 20.7 Å². The van der Waals surface area contributed by atoms with Gasteiger partial charge in [0.25, 0.3) is 5.91 Å². The zero-order chi connectivity index (χ0) is 31.1. The van der Waals surface area contributed by atoms with Gasteiger partial charge >= 0.3 is 12.2 Å². The summed E-state index contributed by atoms with van der Waals surface area (Å²) >= 11 is 5.84. The van der Waals surface area contributed by atoms with Crippen LogP contribution in [0.1, 0.15) is 27.3 Å². The largest absolute Gasteiger partial charge is 0.416 e. The lowest BCUT2D eigenvalue weighted by Crippen LogP contribution is -2.50. The van der Waals surface area contributed by atoms with Crippen molar-refractivity contribution in [3.63, 3.8) is 0 Å². The fraction of sp³-hybridized carbons (Fsp3) is 0.179. The zero-order valence-electron chi connectivity index (χ0n) is 22.1. The molecule has 3 amide bonds. The first-order valence-corrected chi connectivity index (χ1v) is 13.0. The monoisotopic (exact) mass is 617 g/mol. The SMILES string of the molecule is N=C(c1ccc(Cl)cc1)N(C[C@H](O)C(F)(F)F)C(=O)NCc1ncn(-c2ccccc2C(=O)NCc2ccccc2F)n1. The van der Waals surface area contributed by atoms with Crippen molar-refractivity contribution in [1.29, 1.82) is 5.41 Å². The smallest absolute Gasteiger partial charge is 0.382 e. The van der Waals surface area contributed by atoms with Crippen LogP contribution in [0.5, 0.6) is 0 Å². The standard InChI is InChI=1S/C28H24ClF4N7O3/c29-19-11-9-17(10-12-19)25(34)39(15-23(41)28(31,32)33)27(43)36-14-24-37-16-40(38-24)22-8-4-2-6-20(22)26(42)35-13-18-5-1-3-7-21(18)30/h1-12,16,23,34,41H,13-15H2,(H,35,42)(H,36,43)/t23-/m0/s1. The number of aliphatic hydroxyl groups is 1. The molecular weight excluding hydrogens is 594 g/mol. The van der Waals surface area contributed by atoms with Crippen molar-refractivity contribution in [2.45, 2.75) is 25.4 Å². The molecule has 4 aromatic rings. The molecule has 4 rings (SSSR count). The minimum atomic E-state index is -5.03. The molecule has 0 aliphatic rings. The first-order chi connectivity index (χ1) is 20.4. The molecule has 224 valence electrons. The number of halogens is 5. The van der Waals surface area contributed by atoms with Gasteiger partial charge in [-0.05, 0) is 42.5 Å². The molecule has 0 radical (unpaired) electrons. The number of benzene rings is 3. The molecule has 0 spiro atoms. The number of hydrogen-bond acceptors (Lipinski definition) is 6. The molecule has 15 heteroatoms. The number of nitrogens with one attached hydrogen (secondary N) is 3. The number of urea groups is 1. The Morgan fingerprint density at radius 3 is 2.37 bits per heavy atom. The first-order valence-electron chi connectivity index (χ1n) is 12.6. The summed E-state index contributed by atoms with van der Waals surface area (Å²) in [5.41, 5.74) is 0.898. The Morgan fingerprint density at radius 2 is 1.67 bits per heavy atom. The molecule has 0 fully saturated rings. The van der Waals surface area contributed by atoms with E-state index in [9.17, 15) is 32.3 Å². The van der Waals surface area contributed by atoms with Crippen LogP contribution in [0.15, 0.2) is 79.1 Å². The van der Waals surface area contributed by atoms with Crippen LogP contribution in [0.2, 0.25) is 5.02 Å².